The van der Waals surface area contributed by atoms with Gasteiger partial charge >= 0.3 is 0 Å². The van der Waals surface area contributed by atoms with Crippen molar-refractivity contribution in [3.05, 3.63) is 23.5 Å². The van der Waals surface area contributed by atoms with Gasteiger partial charge < -0.3 is 4.84 Å². The van der Waals surface area contributed by atoms with Crippen LogP contribution in [0.3, 0.4) is 0 Å². The Morgan fingerprint density at radius 2 is 2.42 bits per heavy atom. The first-order chi connectivity index (χ1) is 5.84. The number of oxime groups is 1. The second kappa shape index (κ2) is 3.44. The van der Waals surface area contributed by atoms with Gasteiger partial charge in [0.1, 0.15) is 5.76 Å². The summed E-state index contributed by atoms with van der Waals surface area (Å²) in [5, 5.41) is 3.87. The second-order valence-electron chi connectivity index (χ2n) is 2.99. The summed E-state index contributed by atoms with van der Waals surface area (Å²) >= 11 is 3.57. The Morgan fingerprint density at radius 3 is 3.33 bits per heavy atom. The average Bonchev–Trinajstić information content (AvgIpc) is 2.20. The van der Waals surface area contributed by atoms with Crippen molar-refractivity contribution >= 4 is 22.1 Å². The maximum atomic E-state index is 5.17. The van der Waals surface area contributed by atoms with Crippen LogP contribution in [0.15, 0.2) is 28.6 Å². The van der Waals surface area contributed by atoms with Crippen molar-refractivity contribution in [2.75, 3.05) is 0 Å². The molecular weight excluding hydrogens is 218 g/mol. The number of hydrogen-bond acceptors (Lipinski definition) is 2. The van der Waals surface area contributed by atoms with Gasteiger partial charge in [-0.3, -0.25) is 0 Å². The molecule has 0 saturated carbocycles. The van der Waals surface area contributed by atoms with E-state index in [0.717, 1.165) is 25.0 Å². The van der Waals surface area contributed by atoms with Crippen molar-refractivity contribution in [2.24, 2.45) is 5.16 Å². The van der Waals surface area contributed by atoms with Gasteiger partial charge in [-0.25, -0.2) is 0 Å². The van der Waals surface area contributed by atoms with E-state index in [0.29, 0.717) is 4.83 Å². The predicted molar refractivity (Wildman–Crippen MR) is 52.3 cm³/mol. The molecule has 0 aromatic heterocycles. The van der Waals surface area contributed by atoms with E-state index in [-0.39, 0.29) is 0 Å². The third-order valence-electron chi connectivity index (χ3n) is 2.01. The number of fused-ring (bicyclic) bond motifs is 3. The van der Waals surface area contributed by atoms with Crippen LogP contribution >= 0.6 is 15.9 Å². The SMILES string of the molecule is BrC1C=C2C=NOC(=CC1)CC2. The summed E-state index contributed by atoms with van der Waals surface area (Å²) in [4.78, 5) is 5.60. The van der Waals surface area contributed by atoms with Crippen LogP contribution < -0.4 is 0 Å². The van der Waals surface area contributed by atoms with Gasteiger partial charge in [0.25, 0.3) is 0 Å². The fourth-order valence-electron chi connectivity index (χ4n) is 1.35. The molecule has 3 heteroatoms. The second-order valence-corrected chi connectivity index (χ2v) is 4.17. The summed E-state index contributed by atoms with van der Waals surface area (Å²) in [7, 11) is 0. The van der Waals surface area contributed by atoms with Gasteiger partial charge in [-0.2, -0.15) is 0 Å². The standard InChI is InChI=1S/C9H10BrNO/c10-8-2-4-9-3-1-7(5-8)6-11-12-9/h4-6,8H,1-3H2. The molecule has 0 N–H and O–H groups in total. The molecule has 1 heterocycles. The molecule has 0 fully saturated rings. The Labute approximate surface area is 80.1 Å². The summed E-state index contributed by atoms with van der Waals surface area (Å²) in [5.41, 5.74) is 1.26. The molecule has 0 aromatic rings. The van der Waals surface area contributed by atoms with E-state index >= 15 is 0 Å². The Kier molecular flexibility index (Phi) is 2.30. The lowest BCUT2D eigenvalue weighted by molar-refractivity contribution is 0.221. The Morgan fingerprint density at radius 1 is 1.50 bits per heavy atom. The van der Waals surface area contributed by atoms with E-state index in [1.165, 1.54) is 5.57 Å². The highest BCUT2D eigenvalue weighted by molar-refractivity contribution is 9.09. The molecule has 2 aliphatic rings. The van der Waals surface area contributed by atoms with E-state index in [1.54, 1.807) is 6.21 Å². The summed E-state index contributed by atoms with van der Waals surface area (Å²) in [6.45, 7) is 0. The number of halogens is 1. The van der Waals surface area contributed by atoms with E-state index < -0.39 is 0 Å². The van der Waals surface area contributed by atoms with Crippen molar-refractivity contribution < 1.29 is 4.84 Å². The van der Waals surface area contributed by atoms with Gasteiger partial charge in [-0.15, -0.1) is 0 Å². The number of rotatable bonds is 0. The third kappa shape index (κ3) is 1.78. The minimum Gasteiger partial charge on any atom is -0.362 e. The average molecular weight is 228 g/mol. The first-order valence-electron chi connectivity index (χ1n) is 4.09. The molecule has 1 aliphatic carbocycles. The van der Waals surface area contributed by atoms with E-state index in [9.17, 15) is 0 Å². The first kappa shape index (κ1) is 8.05. The molecule has 0 saturated heterocycles. The third-order valence-corrected chi connectivity index (χ3v) is 2.65. The molecule has 2 nitrogen and oxygen atoms in total. The van der Waals surface area contributed by atoms with Gasteiger partial charge in [-0.05, 0) is 24.5 Å². The van der Waals surface area contributed by atoms with Gasteiger partial charge in [-0.1, -0.05) is 27.2 Å². The number of allylic oxidation sites excluding steroid dienone is 4. The quantitative estimate of drug-likeness (QED) is 0.584. The molecule has 12 heavy (non-hydrogen) atoms. The number of hydrogen-bond donors (Lipinski definition) is 0. The van der Waals surface area contributed by atoms with Crippen molar-refractivity contribution in [1.82, 2.24) is 0 Å². The van der Waals surface area contributed by atoms with Gasteiger partial charge in [0, 0.05) is 11.2 Å². The van der Waals surface area contributed by atoms with Gasteiger partial charge in [0.2, 0.25) is 0 Å². The van der Waals surface area contributed by atoms with E-state index in [4.69, 9.17) is 4.84 Å². The van der Waals surface area contributed by atoms with Crippen molar-refractivity contribution in [3.63, 3.8) is 0 Å². The highest BCUT2D eigenvalue weighted by Gasteiger charge is 2.11. The van der Waals surface area contributed by atoms with E-state index in [1.807, 2.05) is 0 Å². The van der Waals surface area contributed by atoms with Gasteiger partial charge in [0.15, 0.2) is 0 Å². The molecule has 64 valence electrons. The minimum absolute atomic E-state index is 0.427. The zero-order chi connectivity index (χ0) is 8.39. The molecule has 1 aliphatic heterocycles. The zero-order valence-electron chi connectivity index (χ0n) is 6.66. The van der Waals surface area contributed by atoms with Crippen LogP contribution in [0.5, 0.6) is 0 Å². The van der Waals surface area contributed by atoms with Crippen molar-refractivity contribution in [3.8, 4) is 0 Å². The summed E-state index contributed by atoms with van der Waals surface area (Å²) in [6, 6.07) is 0. The lowest BCUT2D eigenvalue weighted by Gasteiger charge is -2.07. The molecule has 0 radical (unpaired) electrons. The highest BCUT2D eigenvalue weighted by Crippen LogP contribution is 2.23. The summed E-state index contributed by atoms with van der Waals surface area (Å²) in [6.07, 6.45) is 9.12. The molecule has 2 bridgehead atoms. The Bertz CT molecular complexity index is 268. The van der Waals surface area contributed by atoms with Crippen LogP contribution in [0.1, 0.15) is 19.3 Å². The normalized spacial score (nSPS) is 27.9. The maximum Gasteiger partial charge on any atom is 0.131 e. The largest absolute Gasteiger partial charge is 0.362 e. The molecule has 1 atom stereocenters. The van der Waals surface area contributed by atoms with Crippen molar-refractivity contribution in [2.45, 2.75) is 24.1 Å². The number of nitrogens with zero attached hydrogens (tertiary/aromatic N) is 1. The van der Waals surface area contributed by atoms with Crippen LogP contribution in [0.2, 0.25) is 0 Å². The zero-order valence-corrected chi connectivity index (χ0v) is 8.25. The minimum atomic E-state index is 0.427. The number of alkyl halides is 1. The topological polar surface area (TPSA) is 21.6 Å². The predicted octanol–water partition coefficient (Wildman–Crippen LogP) is 2.76. The van der Waals surface area contributed by atoms with E-state index in [2.05, 4.69) is 33.2 Å². The fraction of sp³-hybridized carbons (Fsp3) is 0.444. The van der Waals surface area contributed by atoms with Crippen LogP contribution in [0, 0.1) is 0 Å². The first-order valence-corrected chi connectivity index (χ1v) is 5.00. The smallest absolute Gasteiger partial charge is 0.131 e. The highest BCUT2D eigenvalue weighted by atomic mass is 79.9. The lowest BCUT2D eigenvalue weighted by atomic mass is 10.0. The fourth-order valence-corrected chi connectivity index (χ4v) is 1.88. The molecule has 1 unspecified atom stereocenters. The van der Waals surface area contributed by atoms with Crippen molar-refractivity contribution in [1.29, 1.82) is 0 Å². The van der Waals surface area contributed by atoms with Crippen LogP contribution in [-0.4, -0.2) is 11.0 Å². The lowest BCUT2D eigenvalue weighted by Crippen LogP contribution is -1.98. The Hall–Kier alpha value is -0.570. The van der Waals surface area contributed by atoms with Gasteiger partial charge in [0.05, 0.1) is 6.21 Å². The van der Waals surface area contributed by atoms with Crippen LogP contribution in [0.4, 0.5) is 0 Å². The Balaban J connectivity index is 2.31. The molecule has 0 spiro atoms. The molecular formula is C9H10BrNO. The maximum absolute atomic E-state index is 5.17. The molecule has 0 aromatic carbocycles. The van der Waals surface area contributed by atoms with Crippen LogP contribution in [-0.2, 0) is 4.84 Å². The summed E-state index contributed by atoms with van der Waals surface area (Å²) < 4.78 is 0. The summed E-state index contributed by atoms with van der Waals surface area (Å²) in [5.74, 6) is 0.999. The molecule has 0 amide bonds. The van der Waals surface area contributed by atoms with Crippen LogP contribution in [0.25, 0.3) is 0 Å². The molecule has 2 rings (SSSR count). The monoisotopic (exact) mass is 227 g/mol.